The lowest BCUT2D eigenvalue weighted by Crippen LogP contribution is -2.48. The van der Waals surface area contributed by atoms with Gasteiger partial charge in [0, 0.05) is 16.8 Å². The number of fused-ring (bicyclic) bond motifs is 1. The Kier molecular flexibility index (Phi) is 8.43. The molecule has 4 bridgehead atoms. The Bertz CT molecular complexity index is 2620. The molecule has 0 saturated heterocycles. The van der Waals surface area contributed by atoms with Crippen molar-refractivity contribution in [3.05, 3.63) is 200 Å². The summed E-state index contributed by atoms with van der Waals surface area (Å²) in [7, 11) is 0. The van der Waals surface area contributed by atoms with Crippen LogP contribution in [-0.4, -0.2) is 0 Å². The average molecular weight is 734 g/mol. The summed E-state index contributed by atoms with van der Waals surface area (Å²) in [5.74, 6) is 2.91. The van der Waals surface area contributed by atoms with E-state index in [9.17, 15) is 0 Å². The Morgan fingerprint density at radius 1 is 0.333 bits per heavy atom. The summed E-state index contributed by atoms with van der Waals surface area (Å²) in [6.07, 6.45) is 8.74. The van der Waals surface area contributed by atoms with Gasteiger partial charge in [0.05, 0.1) is 5.69 Å². The van der Waals surface area contributed by atoms with E-state index in [1.165, 1.54) is 93.8 Å². The predicted molar refractivity (Wildman–Crippen MR) is 240 cm³/mol. The molecule has 4 aliphatic rings. The number of nitrogens with zero attached hydrogens (tertiary/aromatic N) is 1. The molecule has 8 aromatic carbocycles. The minimum atomic E-state index is 0.448. The summed E-state index contributed by atoms with van der Waals surface area (Å²) in [6, 6.07) is 71.7. The smallest absolute Gasteiger partial charge is 0.0540 e. The Morgan fingerprint density at radius 3 is 1.21 bits per heavy atom. The fourth-order valence-electron chi connectivity index (χ4n) is 11.3. The van der Waals surface area contributed by atoms with Gasteiger partial charge >= 0.3 is 0 Å². The molecule has 0 heterocycles. The van der Waals surface area contributed by atoms with E-state index in [2.05, 4.69) is 199 Å². The second-order valence-corrected chi connectivity index (χ2v) is 17.2. The average Bonchev–Trinajstić information content (AvgIpc) is 3.27. The van der Waals surface area contributed by atoms with E-state index in [1.54, 1.807) is 5.56 Å². The summed E-state index contributed by atoms with van der Waals surface area (Å²) in [5.41, 5.74) is 15.4. The summed E-state index contributed by atoms with van der Waals surface area (Å²) >= 11 is 0. The molecule has 12 rings (SSSR count). The molecule has 8 aromatic rings. The lowest BCUT2D eigenvalue weighted by atomic mass is 9.48. The van der Waals surface area contributed by atoms with Crippen molar-refractivity contribution in [3.8, 4) is 44.5 Å². The molecule has 0 amide bonds. The monoisotopic (exact) mass is 733 g/mol. The van der Waals surface area contributed by atoms with Crippen LogP contribution in [0.25, 0.3) is 55.3 Å². The molecule has 0 spiro atoms. The largest absolute Gasteiger partial charge is 0.310 e. The quantitative estimate of drug-likeness (QED) is 0.150. The van der Waals surface area contributed by atoms with Gasteiger partial charge in [-0.1, -0.05) is 164 Å². The predicted octanol–water partition coefficient (Wildman–Crippen LogP) is 15.4. The van der Waals surface area contributed by atoms with Crippen LogP contribution in [0.15, 0.2) is 194 Å². The fraction of sp³-hybridized carbons (Fsp3) is 0.179. The molecule has 0 aliphatic heterocycles. The van der Waals surface area contributed by atoms with Gasteiger partial charge in [-0.2, -0.15) is 0 Å². The molecule has 0 atom stereocenters. The van der Waals surface area contributed by atoms with Crippen molar-refractivity contribution >= 4 is 27.8 Å². The van der Waals surface area contributed by atoms with Crippen molar-refractivity contribution in [1.82, 2.24) is 0 Å². The summed E-state index contributed by atoms with van der Waals surface area (Å²) in [5, 5.41) is 2.46. The van der Waals surface area contributed by atoms with Gasteiger partial charge in [0.15, 0.2) is 0 Å². The molecule has 4 saturated carbocycles. The van der Waals surface area contributed by atoms with E-state index in [1.807, 2.05) is 0 Å². The third-order valence-corrected chi connectivity index (χ3v) is 13.7. The minimum Gasteiger partial charge on any atom is -0.310 e. The molecular formula is C56H47N. The highest BCUT2D eigenvalue weighted by molar-refractivity contribution is 6.06. The van der Waals surface area contributed by atoms with E-state index < -0.39 is 0 Å². The normalized spacial score (nSPS) is 20.8. The second-order valence-electron chi connectivity index (χ2n) is 17.2. The van der Waals surface area contributed by atoms with E-state index in [4.69, 9.17) is 0 Å². The topological polar surface area (TPSA) is 3.24 Å². The zero-order chi connectivity index (χ0) is 37.8. The molecule has 0 aromatic heterocycles. The highest BCUT2D eigenvalue weighted by Crippen LogP contribution is 2.60. The van der Waals surface area contributed by atoms with Crippen LogP contribution >= 0.6 is 0 Å². The Morgan fingerprint density at radius 2 is 0.719 bits per heavy atom. The Hall–Kier alpha value is -6.18. The van der Waals surface area contributed by atoms with Crippen LogP contribution in [0.1, 0.15) is 44.1 Å². The van der Waals surface area contributed by atoms with Crippen LogP contribution in [0.3, 0.4) is 0 Å². The first-order valence-corrected chi connectivity index (χ1v) is 21.0. The Balaban J connectivity index is 0.907. The van der Waals surface area contributed by atoms with Gasteiger partial charge in [-0.15, -0.1) is 0 Å². The first-order chi connectivity index (χ1) is 28.2. The maximum absolute atomic E-state index is 2.47. The van der Waals surface area contributed by atoms with Crippen molar-refractivity contribution in [2.24, 2.45) is 17.8 Å². The summed E-state index contributed by atoms with van der Waals surface area (Å²) in [6.45, 7) is 0. The van der Waals surface area contributed by atoms with Gasteiger partial charge in [-0.05, 0) is 147 Å². The molecule has 0 radical (unpaired) electrons. The van der Waals surface area contributed by atoms with Crippen LogP contribution < -0.4 is 4.90 Å². The van der Waals surface area contributed by atoms with Gasteiger partial charge in [0.1, 0.15) is 0 Å². The number of benzene rings is 8. The fourth-order valence-corrected chi connectivity index (χ4v) is 11.3. The molecule has 0 N–H and O–H groups in total. The molecule has 4 aliphatic carbocycles. The van der Waals surface area contributed by atoms with E-state index >= 15 is 0 Å². The van der Waals surface area contributed by atoms with Gasteiger partial charge in [-0.25, -0.2) is 0 Å². The van der Waals surface area contributed by atoms with Crippen molar-refractivity contribution in [3.63, 3.8) is 0 Å². The molecule has 57 heavy (non-hydrogen) atoms. The van der Waals surface area contributed by atoms with E-state index in [0.717, 1.165) is 34.8 Å². The van der Waals surface area contributed by atoms with Crippen LogP contribution in [-0.2, 0) is 5.41 Å². The third-order valence-electron chi connectivity index (χ3n) is 13.7. The van der Waals surface area contributed by atoms with Crippen molar-refractivity contribution in [2.45, 2.75) is 43.9 Å². The van der Waals surface area contributed by atoms with E-state index in [0.29, 0.717) is 5.41 Å². The second kappa shape index (κ2) is 14.1. The highest BCUT2D eigenvalue weighted by atomic mass is 15.1. The molecule has 276 valence electrons. The van der Waals surface area contributed by atoms with Crippen LogP contribution in [0.5, 0.6) is 0 Å². The highest BCUT2D eigenvalue weighted by Gasteiger charge is 2.51. The minimum absolute atomic E-state index is 0.448. The van der Waals surface area contributed by atoms with Crippen LogP contribution in [0, 0.1) is 17.8 Å². The molecule has 1 heteroatoms. The molecule has 1 nitrogen and oxygen atoms in total. The number of anilines is 3. The molecule has 0 unspecified atom stereocenters. The lowest BCUT2D eigenvalue weighted by molar-refractivity contribution is -0.00518. The first-order valence-electron chi connectivity index (χ1n) is 21.0. The zero-order valence-corrected chi connectivity index (χ0v) is 32.4. The van der Waals surface area contributed by atoms with E-state index in [-0.39, 0.29) is 0 Å². The van der Waals surface area contributed by atoms with Crippen LogP contribution in [0.4, 0.5) is 17.1 Å². The maximum atomic E-state index is 2.47. The SMILES string of the molecule is c1ccc(-c2ccc(N(c3ccc(-c4ccc(-c5ccc(C67CC8CC(CC(C8)C6)C7)cc5)cc4)cc3)c3ccc(-c4ccccc4)c4ccccc34)cc2)cc1. The van der Waals surface area contributed by atoms with Crippen molar-refractivity contribution in [1.29, 1.82) is 0 Å². The van der Waals surface area contributed by atoms with Crippen LogP contribution in [0.2, 0.25) is 0 Å². The van der Waals surface area contributed by atoms with Gasteiger partial charge < -0.3 is 4.90 Å². The van der Waals surface area contributed by atoms with Crippen molar-refractivity contribution < 1.29 is 0 Å². The number of hydrogen-bond acceptors (Lipinski definition) is 1. The van der Waals surface area contributed by atoms with Gasteiger partial charge in [0.2, 0.25) is 0 Å². The standard InChI is InChI=1S/C56H47N/c1-3-9-42(10-4-1)46-21-27-50(28-22-46)57(55-32-31-52(48-11-5-2-6-12-48)53-13-7-8-14-54(53)55)51-29-23-47(24-30-51)44-17-15-43(16-18-44)45-19-25-49(26-20-45)56-36-39-33-40(37-56)35-41(34-39)38-56/h1-32,39-41H,33-38H2. The Labute approximate surface area is 337 Å². The number of rotatable bonds is 8. The molecule has 4 fully saturated rings. The first kappa shape index (κ1) is 34.1. The maximum Gasteiger partial charge on any atom is 0.0540 e. The molecular weight excluding hydrogens is 687 g/mol. The lowest BCUT2D eigenvalue weighted by Gasteiger charge is -2.57. The zero-order valence-electron chi connectivity index (χ0n) is 32.4. The van der Waals surface area contributed by atoms with Gasteiger partial charge in [-0.3, -0.25) is 0 Å². The van der Waals surface area contributed by atoms with Gasteiger partial charge in [0.25, 0.3) is 0 Å². The van der Waals surface area contributed by atoms with Crippen molar-refractivity contribution in [2.75, 3.05) is 4.90 Å². The third kappa shape index (κ3) is 6.27. The summed E-state index contributed by atoms with van der Waals surface area (Å²) in [4.78, 5) is 2.41. The number of hydrogen-bond donors (Lipinski definition) is 0. The summed E-state index contributed by atoms with van der Waals surface area (Å²) < 4.78 is 0.